The second-order valence-corrected chi connectivity index (χ2v) is 7.67. The molecule has 3 rings (SSSR count). The average Bonchev–Trinajstić information content (AvgIpc) is 3.26. The Morgan fingerprint density at radius 2 is 2.04 bits per heavy atom. The van der Waals surface area contributed by atoms with Gasteiger partial charge in [0.05, 0.1) is 4.91 Å². The highest BCUT2D eigenvalue weighted by atomic mass is 32.2. The van der Waals surface area contributed by atoms with Crippen molar-refractivity contribution < 1.29 is 14.3 Å². The molecule has 0 atom stereocenters. The van der Waals surface area contributed by atoms with E-state index in [2.05, 4.69) is 6.58 Å². The number of rotatable bonds is 6. The maximum absolute atomic E-state index is 12.5. The van der Waals surface area contributed by atoms with Crippen LogP contribution in [0.15, 0.2) is 41.8 Å². The van der Waals surface area contributed by atoms with Gasteiger partial charge in [-0.25, -0.2) is 0 Å². The van der Waals surface area contributed by atoms with Crippen molar-refractivity contribution in [2.45, 2.75) is 12.8 Å². The molecular weight excluding hydrogens is 368 g/mol. The lowest BCUT2D eigenvalue weighted by Crippen LogP contribution is -2.32. The molecule has 2 aliphatic heterocycles. The van der Waals surface area contributed by atoms with Gasteiger partial charge in [0.1, 0.15) is 10.1 Å². The van der Waals surface area contributed by atoms with E-state index in [1.807, 2.05) is 23.1 Å². The molecule has 0 aliphatic carbocycles. The largest absolute Gasteiger partial charge is 0.483 e. The third-order valence-electron chi connectivity index (χ3n) is 4.20. The van der Waals surface area contributed by atoms with Crippen molar-refractivity contribution in [1.82, 2.24) is 9.80 Å². The molecule has 1 aromatic carbocycles. The molecule has 0 bridgehead atoms. The molecule has 0 saturated carbocycles. The van der Waals surface area contributed by atoms with Gasteiger partial charge in [-0.05, 0) is 25.0 Å². The Morgan fingerprint density at radius 3 is 2.77 bits per heavy atom. The van der Waals surface area contributed by atoms with Crippen molar-refractivity contribution in [2.24, 2.45) is 0 Å². The van der Waals surface area contributed by atoms with E-state index in [4.69, 9.17) is 17.0 Å². The Labute approximate surface area is 162 Å². The fourth-order valence-corrected chi connectivity index (χ4v) is 4.12. The second-order valence-electron chi connectivity index (χ2n) is 6.00. The molecule has 2 heterocycles. The number of likely N-dealkylation sites (tertiary alicyclic amines) is 1. The highest BCUT2D eigenvalue weighted by Gasteiger charge is 2.31. The van der Waals surface area contributed by atoms with Crippen LogP contribution >= 0.6 is 24.0 Å². The van der Waals surface area contributed by atoms with Crippen LogP contribution in [0.2, 0.25) is 0 Å². The summed E-state index contributed by atoms with van der Waals surface area (Å²) in [6.07, 6.45) is 5.51. The topological polar surface area (TPSA) is 49.9 Å². The fraction of sp³-hybridized carbons (Fsp3) is 0.316. The Balaban J connectivity index is 1.73. The van der Waals surface area contributed by atoms with Crippen LogP contribution in [0.4, 0.5) is 0 Å². The highest BCUT2D eigenvalue weighted by Crippen LogP contribution is 2.34. The zero-order chi connectivity index (χ0) is 18.5. The zero-order valence-electron chi connectivity index (χ0n) is 14.3. The van der Waals surface area contributed by atoms with Crippen molar-refractivity contribution in [2.75, 3.05) is 26.2 Å². The summed E-state index contributed by atoms with van der Waals surface area (Å²) in [5, 5.41) is 0. The second kappa shape index (κ2) is 8.51. The Bertz CT molecular complexity index is 770. The van der Waals surface area contributed by atoms with Gasteiger partial charge < -0.3 is 9.64 Å². The maximum atomic E-state index is 12.5. The molecular formula is C19H20N2O3S2. The van der Waals surface area contributed by atoms with Gasteiger partial charge in [-0.3, -0.25) is 14.5 Å². The molecule has 0 unspecified atom stereocenters. The molecule has 0 radical (unpaired) electrons. The van der Waals surface area contributed by atoms with Gasteiger partial charge in [0, 0.05) is 25.2 Å². The molecule has 2 saturated heterocycles. The quantitative estimate of drug-likeness (QED) is 0.426. The summed E-state index contributed by atoms with van der Waals surface area (Å²) in [7, 11) is 0. The van der Waals surface area contributed by atoms with Gasteiger partial charge in [-0.15, -0.1) is 6.58 Å². The molecule has 26 heavy (non-hydrogen) atoms. The van der Waals surface area contributed by atoms with E-state index < -0.39 is 0 Å². The van der Waals surface area contributed by atoms with Crippen molar-refractivity contribution in [1.29, 1.82) is 0 Å². The highest BCUT2D eigenvalue weighted by molar-refractivity contribution is 8.26. The van der Waals surface area contributed by atoms with Gasteiger partial charge in [-0.2, -0.15) is 0 Å². The monoisotopic (exact) mass is 388 g/mol. The van der Waals surface area contributed by atoms with Crippen LogP contribution in [-0.4, -0.2) is 52.2 Å². The van der Waals surface area contributed by atoms with E-state index in [1.54, 1.807) is 18.2 Å². The van der Waals surface area contributed by atoms with Crippen molar-refractivity contribution in [3.8, 4) is 5.75 Å². The molecule has 2 amide bonds. The first kappa shape index (κ1) is 18.7. The van der Waals surface area contributed by atoms with E-state index in [0.717, 1.165) is 31.5 Å². The summed E-state index contributed by atoms with van der Waals surface area (Å²) >= 11 is 6.51. The van der Waals surface area contributed by atoms with E-state index in [-0.39, 0.29) is 18.4 Å². The minimum atomic E-state index is -0.136. The number of carbonyl (C=O) groups excluding carboxylic acids is 2. The number of hydrogen-bond acceptors (Lipinski definition) is 5. The van der Waals surface area contributed by atoms with Crippen LogP contribution in [0, 0.1) is 0 Å². The summed E-state index contributed by atoms with van der Waals surface area (Å²) < 4.78 is 6.26. The molecule has 5 nitrogen and oxygen atoms in total. The van der Waals surface area contributed by atoms with Crippen LogP contribution in [-0.2, 0) is 9.59 Å². The van der Waals surface area contributed by atoms with E-state index in [0.29, 0.717) is 21.5 Å². The lowest BCUT2D eigenvalue weighted by atomic mass is 10.2. The smallest absolute Gasteiger partial charge is 0.266 e. The van der Waals surface area contributed by atoms with Crippen molar-refractivity contribution in [3.05, 3.63) is 47.4 Å². The maximum Gasteiger partial charge on any atom is 0.266 e. The molecule has 0 aromatic heterocycles. The van der Waals surface area contributed by atoms with Gasteiger partial charge in [0.2, 0.25) is 0 Å². The van der Waals surface area contributed by atoms with Gasteiger partial charge >= 0.3 is 0 Å². The number of hydrogen-bond donors (Lipinski definition) is 0. The third kappa shape index (κ3) is 4.16. The first-order valence-electron chi connectivity index (χ1n) is 8.46. The molecule has 2 aliphatic rings. The summed E-state index contributed by atoms with van der Waals surface area (Å²) in [6, 6.07) is 7.37. The molecule has 1 aromatic rings. The fourth-order valence-electron chi connectivity index (χ4n) is 2.86. The van der Waals surface area contributed by atoms with E-state index in [9.17, 15) is 9.59 Å². The first-order chi connectivity index (χ1) is 12.6. The predicted octanol–water partition coefficient (Wildman–Crippen LogP) is 3.08. The Hall–Kier alpha value is -2.12. The first-order valence-corrected chi connectivity index (χ1v) is 9.68. The SMILES string of the molecule is C=CCN1C(=O)/C(=C/c2ccccc2OCC(=O)N2CCCC2)SC1=S. The number of para-hydroxylation sites is 1. The normalized spacial score (nSPS) is 18.7. The summed E-state index contributed by atoms with van der Waals surface area (Å²) in [5.41, 5.74) is 0.751. The number of amides is 2. The molecule has 0 N–H and O–H groups in total. The van der Waals surface area contributed by atoms with Crippen LogP contribution in [0.5, 0.6) is 5.75 Å². The average molecular weight is 389 g/mol. The minimum absolute atomic E-state index is 0.00226. The van der Waals surface area contributed by atoms with E-state index >= 15 is 0 Å². The van der Waals surface area contributed by atoms with Gasteiger partial charge in [-0.1, -0.05) is 48.3 Å². The lowest BCUT2D eigenvalue weighted by molar-refractivity contribution is -0.132. The van der Waals surface area contributed by atoms with Crippen LogP contribution in [0.1, 0.15) is 18.4 Å². The van der Waals surface area contributed by atoms with Gasteiger partial charge in [0.25, 0.3) is 11.8 Å². The van der Waals surface area contributed by atoms with Crippen LogP contribution in [0.3, 0.4) is 0 Å². The Morgan fingerprint density at radius 1 is 1.31 bits per heavy atom. The Kier molecular flexibility index (Phi) is 6.11. The number of thioether (sulfide) groups is 1. The summed E-state index contributed by atoms with van der Waals surface area (Å²) in [4.78, 5) is 28.5. The third-order valence-corrected chi connectivity index (χ3v) is 5.58. The zero-order valence-corrected chi connectivity index (χ0v) is 16.0. The number of thiocarbonyl (C=S) groups is 1. The standard InChI is InChI=1S/C19H20N2O3S2/c1-2-9-21-18(23)16(26-19(21)25)12-14-7-3-4-8-15(14)24-13-17(22)20-10-5-6-11-20/h2-4,7-8,12H,1,5-6,9-11,13H2/b16-12-. The number of ether oxygens (including phenoxy) is 1. The van der Waals surface area contributed by atoms with Crippen LogP contribution < -0.4 is 4.74 Å². The van der Waals surface area contributed by atoms with Crippen molar-refractivity contribution >= 4 is 46.2 Å². The molecule has 2 fully saturated rings. The molecule has 7 heteroatoms. The van der Waals surface area contributed by atoms with Crippen molar-refractivity contribution in [3.63, 3.8) is 0 Å². The number of carbonyl (C=O) groups is 2. The summed E-state index contributed by atoms with van der Waals surface area (Å²) in [6.45, 7) is 5.65. The lowest BCUT2D eigenvalue weighted by Gasteiger charge is -2.16. The van der Waals surface area contributed by atoms with Crippen LogP contribution in [0.25, 0.3) is 6.08 Å². The van der Waals surface area contributed by atoms with Gasteiger partial charge in [0.15, 0.2) is 6.61 Å². The molecule has 136 valence electrons. The molecule has 0 spiro atoms. The minimum Gasteiger partial charge on any atom is -0.483 e. The number of benzene rings is 1. The van der Waals surface area contributed by atoms with E-state index in [1.165, 1.54) is 16.7 Å². The number of nitrogens with zero attached hydrogens (tertiary/aromatic N) is 2. The summed E-state index contributed by atoms with van der Waals surface area (Å²) in [5.74, 6) is 0.437. The predicted molar refractivity (Wildman–Crippen MR) is 108 cm³/mol.